The first-order valence-corrected chi connectivity index (χ1v) is 14.7. The molecule has 1 saturated heterocycles. The second-order valence-electron chi connectivity index (χ2n) is 7.53. The van der Waals surface area contributed by atoms with Crippen LogP contribution in [-0.4, -0.2) is 47.4 Å². The number of rotatable bonds is 7. The van der Waals surface area contributed by atoms with E-state index < -0.39 is 16.1 Å². The highest BCUT2D eigenvalue weighted by Gasteiger charge is 2.37. The number of benzene rings is 1. The minimum Gasteiger partial charge on any atom is -0.355 e. The fourth-order valence-corrected chi connectivity index (χ4v) is 7.25. The normalized spacial score (nSPS) is 17.1. The average molecular weight is 568 g/mol. The minimum atomic E-state index is -3.93. The number of amides is 1. The van der Waals surface area contributed by atoms with Gasteiger partial charge in [-0.05, 0) is 61.4 Å². The molecule has 0 unspecified atom stereocenters. The molecule has 3 heterocycles. The minimum absolute atomic E-state index is 0.116. The zero-order valence-electron chi connectivity index (χ0n) is 17.9. The predicted octanol–water partition coefficient (Wildman–Crippen LogP) is 4.55. The lowest BCUT2D eigenvalue weighted by atomic mass is 10.1. The van der Waals surface area contributed by atoms with Gasteiger partial charge in [0.05, 0.1) is 10.6 Å². The lowest BCUT2D eigenvalue weighted by Crippen LogP contribution is -2.48. The molecule has 0 bridgehead atoms. The first-order valence-electron chi connectivity index (χ1n) is 10.4. The second kappa shape index (κ2) is 10.6. The van der Waals surface area contributed by atoms with Gasteiger partial charge >= 0.3 is 0 Å². The van der Waals surface area contributed by atoms with Crippen molar-refractivity contribution in [2.24, 2.45) is 0 Å². The molecule has 1 fully saturated rings. The lowest BCUT2D eigenvalue weighted by molar-refractivity contribution is -0.124. The zero-order chi connectivity index (χ0) is 23.4. The Labute approximate surface area is 210 Å². The van der Waals surface area contributed by atoms with Gasteiger partial charge in [-0.15, -0.1) is 11.3 Å². The third-order valence-corrected chi connectivity index (χ3v) is 9.84. The number of halogens is 1. The monoisotopic (exact) mass is 566 g/mol. The van der Waals surface area contributed by atoms with E-state index in [1.165, 1.54) is 16.1 Å². The molecule has 2 aromatic heterocycles. The Kier molecular flexibility index (Phi) is 7.85. The van der Waals surface area contributed by atoms with Gasteiger partial charge in [0.25, 0.3) is 10.0 Å². The van der Waals surface area contributed by atoms with Crippen LogP contribution in [-0.2, 0) is 21.4 Å². The molecule has 174 valence electrons. The van der Waals surface area contributed by atoms with Crippen LogP contribution in [0.1, 0.15) is 24.8 Å². The third kappa shape index (κ3) is 5.65. The molecule has 7 nitrogen and oxygen atoms in total. The van der Waals surface area contributed by atoms with E-state index in [2.05, 4.69) is 31.2 Å². The first-order chi connectivity index (χ1) is 15.9. The molecule has 3 aromatic rings. The zero-order valence-corrected chi connectivity index (χ0v) is 21.9. The first kappa shape index (κ1) is 24.3. The van der Waals surface area contributed by atoms with E-state index >= 15 is 0 Å². The molecule has 4 rings (SSSR count). The van der Waals surface area contributed by atoms with Crippen molar-refractivity contribution in [3.05, 3.63) is 58.7 Å². The van der Waals surface area contributed by atoms with Crippen LogP contribution in [0.4, 0.5) is 0 Å². The Morgan fingerprint density at radius 1 is 1.18 bits per heavy atom. The summed E-state index contributed by atoms with van der Waals surface area (Å²) in [6.07, 6.45) is 5.66. The summed E-state index contributed by atoms with van der Waals surface area (Å²) in [4.78, 5) is 22.2. The Morgan fingerprint density at radius 2 is 1.97 bits per heavy atom. The number of thioether (sulfide) groups is 1. The van der Waals surface area contributed by atoms with Crippen molar-refractivity contribution in [1.82, 2.24) is 19.6 Å². The van der Waals surface area contributed by atoms with Gasteiger partial charge in [0.15, 0.2) is 5.16 Å². The number of carbonyl (C=O) groups is 1. The number of nitrogens with zero attached hydrogens (tertiary/aromatic N) is 3. The molecule has 1 aliphatic rings. The van der Waals surface area contributed by atoms with Gasteiger partial charge in [0, 0.05) is 23.8 Å². The number of carbonyl (C=O) groups excluding carboxylic acids is 1. The van der Waals surface area contributed by atoms with Crippen molar-refractivity contribution in [2.75, 3.05) is 12.8 Å². The van der Waals surface area contributed by atoms with Crippen molar-refractivity contribution >= 4 is 55.0 Å². The van der Waals surface area contributed by atoms with E-state index in [9.17, 15) is 13.2 Å². The molecule has 1 atom stereocenters. The van der Waals surface area contributed by atoms with E-state index in [1.807, 2.05) is 30.5 Å². The number of sulfonamides is 1. The Hall–Kier alpha value is -1.79. The van der Waals surface area contributed by atoms with Gasteiger partial charge in [-0.1, -0.05) is 39.8 Å². The standard InChI is InChI=1S/C22H23BrN4O3S3/c1-31-22-25-13-11-17(26-22)19-9-10-20(32-19)33(29,30)27(14-15-5-7-16(23)8-6-15)18-4-2-3-12-24-21(18)28/h5-11,13,18H,2-4,12,14H2,1H3,(H,24,28)/t18-/m1/s1. The molecular formula is C22H23BrN4O3S3. The van der Waals surface area contributed by atoms with Gasteiger partial charge < -0.3 is 5.32 Å². The molecular weight excluding hydrogens is 544 g/mol. The summed E-state index contributed by atoms with van der Waals surface area (Å²) in [5.74, 6) is -0.245. The van der Waals surface area contributed by atoms with Gasteiger partial charge in [-0.3, -0.25) is 4.79 Å². The maximum atomic E-state index is 13.8. The number of aromatic nitrogens is 2. The fourth-order valence-electron chi connectivity index (χ4n) is 3.62. The van der Waals surface area contributed by atoms with Crippen LogP contribution in [0.5, 0.6) is 0 Å². The van der Waals surface area contributed by atoms with E-state index in [0.29, 0.717) is 23.8 Å². The van der Waals surface area contributed by atoms with Gasteiger partial charge in [-0.2, -0.15) is 4.31 Å². The summed E-state index contributed by atoms with van der Waals surface area (Å²) < 4.78 is 30.1. The highest BCUT2D eigenvalue weighted by Crippen LogP contribution is 2.34. The molecule has 1 aliphatic heterocycles. The van der Waals surface area contributed by atoms with E-state index in [-0.39, 0.29) is 16.7 Å². The summed E-state index contributed by atoms with van der Waals surface area (Å²) in [5, 5.41) is 3.49. The smallest absolute Gasteiger partial charge is 0.253 e. The Balaban J connectivity index is 1.71. The highest BCUT2D eigenvalue weighted by atomic mass is 79.9. The van der Waals surface area contributed by atoms with Crippen molar-refractivity contribution in [1.29, 1.82) is 0 Å². The largest absolute Gasteiger partial charge is 0.355 e. The van der Waals surface area contributed by atoms with Crippen LogP contribution < -0.4 is 5.32 Å². The van der Waals surface area contributed by atoms with Gasteiger partial charge in [-0.25, -0.2) is 18.4 Å². The Bertz CT molecular complexity index is 1230. The summed E-state index contributed by atoms with van der Waals surface area (Å²) >= 11 is 6.00. The molecule has 0 spiro atoms. The van der Waals surface area contributed by atoms with Gasteiger partial charge in [0.1, 0.15) is 10.3 Å². The van der Waals surface area contributed by atoms with Crippen LogP contribution in [0.3, 0.4) is 0 Å². The van der Waals surface area contributed by atoms with Crippen LogP contribution in [0.2, 0.25) is 0 Å². The molecule has 1 aromatic carbocycles. The van der Waals surface area contributed by atoms with Crippen molar-refractivity contribution in [3.8, 4) is 10.6 Å². The number of nitrogens with one attached hydrogen (secondary N) is 1. The molecule has 1 N–H and O–H groups in total. The van der Waals surface area contributed by atoms with Crippen molar-refractivity contribution in [2.45, 2.75) is 41.2 Å². The van der Waals surface area contributed by atoms with Crippen molar-refractivity contribution < 1.29 is 13.2 Å². The van der Waals surface area contributed by atoms with Crippen LogP contribution in [0, 0.1) is 0 Å². The summed E-state index contributed by atoms with van der Waals surface area (Å²) in [7, 11) is -3.93. The summed E-state index contributed by atoms with van der Waals surface area (Å²) in [6, 6.07) is 11.8. The number of thiophene rings is 1. The SMILES string of the molecule is CSc1nccc(-c2ccc(S(=O)(=O)N(Cc3ccc(Br)cc3)[C@@H]3CCCCNC3=O)s2)n1. The van der Waals surface area contributed by atoms with Crippen LogP contribution in [0.15, 0.2) is 62.5 Å². The number of hydrogen-bond acceptors (Lipinski definition) is 7. The van der Waals surface area contributed by atoms with E-state index in [4.69, 9.17) is 0 Å². The molecule has 11 heteroatoms. The Morgan fingerprint density at radius 3 is 2.73 bits per heavy atom. The fraction of sp³-hybridized carbons (Fsp3) is 0.318. The highest BCUT2D eigenvalue weighted by molar-refractivity contribution is 9.10. The third-order valence-electron chi connectivity index (χ3n) is 5.32. The summed E-state index contributed by atoms with van der Waals surface area (Å²) in [6.45, 7) is 0.682. The maximum absolute atomic E-state index is 13.8. The van der Waals surface area contributed by atoms with Gasteiger partial charge in [0.2, 0.25) is 5.91 Å². The van der Waals surface area contributed by atoms with Crippen LogP contribution in [0.25, 0.3) is 10.6 Å². The second-order valence-corrected chi connectivity index (χ2v) is 12.4. The lowest BCUT2D eigenvalue weighted by Gasteiger charge is -2.28. The quantitative estimate of drug-likeness (QED) is 0.333. The summed E-state index contributed by atoms with van der Waals surface area (Å²) in [5.41, 5.74) is 1.49. The molecule has 0 aliphatic carbocycles. The average Bonchev–Trinajstić information content (AvgIpc) is 3.24. The maximum Gasteiger partial charge on any atom is 0.253 e. The molecule has 1 amide bonds. The number of hydrogen-bond donors (Lipinski definition) is 1. The molecule has 0 radical (unpaired) electrons. The van der Waals surface area contributed by atoms with E-state index in [1.54, 1.807) is 24.4 Å². The molecule has 33 heavy (non-hydrogen) atoms. The molecule has 0 saturated carbocycles. The predicted molar refractivity (Wildman–Crippen MR) is 135 cm³/mol. The van der Waals surface area contributed by atoms with E-state index in [0.717, 1.165) is 39.1 Å². The van der Waals surface area contributed by atoms with Crippen LogP contribution >= 0.6 is 39.0 Å². The topological polar surface area (TPSA) is 92.3 Å². The van der Waals surface area contributed by atoms with Crippen molar-refractivity contribution in [3.63, 3.8) is 0 Å².